The van der Waals surface area contributed by atoms with Crippen molar-refractivity contribution in [2.45, 2.75) is 81.5 Å². The lowest BCUT2D eigenvalue weighted by Gasteiger charge is -2.51. The Balaban J connectivity index is 1.28. The van der Waals surface area contributed by atoms with Crippen LogP contribution < -0.4 is 0 Å². The van der Waals surface area contributed by atoms with E-state index < -0.39 is 12.1 Å². The molecule has 1 unspecified atom stereocenters. The van der Waals surface area contributed by atoms with Crippen molar-refractivity contribution in [2.75, 3.05) is 33.7 Å². The van der Waals surface area contributed by atoms with Gasteiger partial charge in [0.1, 0.15) is 5.82 Å². The molecule has 0 bridgehead atoms. The number of aliphatic carboxylic acids is 1. The number of carboxylic acids is 1. The molecule has 4 fully saturated rings. The Morgan fingerprint density at radius 1 is 1.07 bits per heavy atom. The van der Waals surface area contributed by atoms with Crippen LogP contribution in [-0.2, 0) is 10.3 Å². The molecule has 40 heavy (non-hydrogen) atoms. The number of hydrogen-bond acceptors (Lipinski definition) is 5. The number of aliphatic imine (C=N–C) groups is 1. The molecule has 6 rings (SSSR count). The fourth-order valence-electron chi connectivity index (χ4n) is 7.51. The summed E-state index contributed by atoms with van der Waals surface area (Å²) in [6.45, 7) is 1.98. The third-order valence-electron chi connectivity index (χ3n) is 10.6. The van der Waals surface area contributed by atoms with Gasteiger partial charge >= 0.3 is 12.0 Å². The van der Waals surface area contributed by atoms with Gasteiger partial charge in [0, 0.05) is 31.0 Å². The first-order valence-corrected chi connectivity index (χ1v) is 15.0. The van der Waals surface area contributed by atoms with Crippen LogP contribution in [0.25, 0.3) is 0 Å². The molecule has 1 aromatic carbocycles. The number of urea groups is 1. The molecule has 8 nitrogen and oxygen atoms in total. The molecule has 1 spiro atoms. The van der Waals surface area contributed by atoms with Crippen LogP contribution in [0.15, 0.2) is 41.2 Å². The van der Waals surface area contributed by atoms with Gasteiger partial charge in [-0.25, -0.2) is 14.0 Å². The second-order valence-corrected chi connectivity index (χ2v) is 13.0. The molecule has 9 heteroatoms. The molecule has 5 aliphatic rings. The SMILES string of the molecule is CN(C)C1(c2cccc(F)c2)CCC2(CC1)CN(C1=CN(CC3CCC3)C(C(=O)O)N=C1)C(=O)N2CC1CCC1. The number of amides is 2. The summed E-state index contributed by atoms with van der Waals surface area (Å²) in [4.78, 5) is 38.5. The molecule has 1 saturated heterocycles. The predicted molar refractivity (Wildman–Crippen MR) is 151 cm³/mol. The summed E-state index contributed by atoms with van der Waals surface area (Å²) in [5.41, 5.74) is 1.09. The van der Waals surface area contributed by atoms with Gasteiger partial charge in [0.05, 0.1) is 17.8 Å². The van der Waals surface area contributed by atoms with E-state index in [1.54, 1.807) is 18.3 Å². The Labute approximate surface area is 236 Å². The normalized spacial score (nSPS) is 31.1. The molecule has 0 aromatic heterocycles. The van der Waals surface area contributed by atoms with Crippen molar-refractivity contribution < 1.29 is 19.1 Å². The van der Waals surface area contributed by atoms with E-state index >= 15 is 0 Å². The summed E-state index contributed by atoms with van der Waals surface area (Å²) in [5, 5.41) is 9.79. The smallest absolute Gasteiger partial charge is 0.349 e. The monoisotopic (exact) mass is 551 g/mol. The standard InChI is InChI=1S/C31H42FN5O3/c1-34(2)31(24-10-5-11-25(32)16-24)14-12-30(13-15-31)21-36(29(40)37(30)19-23-8-4-9-23)26-17-33-27(28(38)39)35(20-26)18-22-6-3-7-22/h5,10-11,16-17,20,22-23,27H,3-4,6-9,12-15,18-19,21H2,1-2H3,(H,38,39). The summed E-state index contributed by atoms with van der Waals surface area (Å²) < 4.78 is 14.3. The van der Waals surface area contributed by atoms with Crippen molar-refractivity contribution in [3.63, 3.8) is 0 Å². The van der Waals surface area contributed by atoms with E-state index in [1.165, 1.54) is 18.9 Å². The minimum absolute atomic E-state index is 0.00470. The molecule has 2 aliphatic heterocycles. The zero-order chi connectivity index (χ0) is 28.1. The number of rotatable bonds is 8. The van der Waals surface area contributed by atoms with E-state index in [9.17, 15) is 19.1 Å². The van der Waals surface area contributed by atoms with Gasteiger partial charge in [0.15, 0.2) is 0 Å². The molecule has 3 aliphatic carbocycles. The first-order valence-electron chi connectivity index (χ1n) is 15.0. The Kier molecular flexibility index (Phi) is 7.13. The highest BCUT2D eigenvalue weighted by Gasteiger charge is 2.55. The molecule has 1 N–H and O–H groups in total. The van der Waals surface area contributed by atoms with Crippen molar-refractivity contribution in [1.82, 2.24) is 19.6 Å². The lowest BCUT2D eigenvalue weighted by Crippen LogP contribution is -2.56. The zero-order valence-electron chi connectivity index (χ0n) is 23.8. The summed E-state index contributed by atoms with van der Waals surface area (Å²) in [6.07, 6.45) is 12.7. The molecular weight excluding hydrogens is 509 g/mol. The van der Waals surface area contributed by atoms with Crippen molar-refractivity contribution in [1.29, 1.82) is 0 Å². The van der Waals surface area contributed by atoms with Gasteiger partial charge in [-0.3, -0.25) is 14.8 Å². The highest BCUT2D eigenvalue weighted by atomic mass is 19.1. The van der Waals surface area contributed by atoms with E-state index in [0.29, 0.717) is 30.6 Å². The second-order valence-electron chi connectivity index (χ2n) is 13.0. The van der Waals surface area contributed by atoms with E-state index in [-0.39, 0.29) is 22.9 Å². The molecule has 2 amide bonds. The topological polar surface area (TPSA) is 79.7 Å². The molecule has 3 saturated carbocycles. The summed E-state index contributed by atoms with van der Waals surface area (Å²) in [7, 11) is 4.14. The minimum atomic E-state index is -0.966. The maximum atomic E-state index is 14.3. The highest BCUT2D eigenvalue weighted by molar-refractivity contribution is 5.91. The quantitative estimate of drug-likeness (QED) is 0.499. The molecule has 1 aromatic rings. The van der Waals surface area contributed by atoms with Gasteiger partial charge in [-0.05, 0) is 95.0 Å². The van der Waals surface area contributed by atoms with Crippen molar-refractivity contribution in [3.8, 4) is 0 Å². The van der Waals surface area contributed by atoms with Crippen LogP contribution in [0.1, 0.15) is 69.8 Å². The number of nitrogens with zero attached hydrogens (tertiary/aromatic N) is 5. The van der Waals surface area contributed by atoms with Gasteiger partial charge in [0.25, 0.3) is 0 Å². The molecule has 2 heterocycles. The number of halogens is 1. The van der Waals surface area contributed by atoms with E-state index in [4.69, 9.17) is 0 Å². The molecule has 216 valence electrons. The van der Waals surface area contributed by atoms with Gasteiger partial charge in [-0.2, -0.15) is 0 Å². The van der Waals surface area contributed by atoms with Gasteiger partial charge < -0.3 is 14.9 Å². The van der Waals surface area contributed by atoms with Gasteiger partial charge in [0.2, 0.25) is 6.17 Å². The van der Waals surface area contributed by atoms with Crippen LogP contribution >= 0.6 is 0 Å². The van der Waals surface area contributed by atoms with Crippen LogP contribution in [-0.4, -0.2) is 88.4 Å². The first kappa shape index (κ1) is 27.2. The lowest BCUT2D eigenvalue weighted by molar-refractivity contribution is -0.142. The number of carbonyl (C=O) groups is 2. The fourth-order valence-corrected chi connectivity index (χ4v) is 7.51. The minimum Gasteiger partial charge on any atom is -0.478 e. The number of allylic oxidation sites excluding steroid dienone is 1. The number of benzene rings is 1. The average Bonchev–Trinajstić information content (AvgIpc) is 3.14. The molecular formula is C31H42FN5O3. The maximum absolute atomic E-state index is 14.3. The van der Waals surface area contributed by atoms with Crippen LogP contribution in [0, 0.1) is 17.7 Å². The highest BCUT2D eigenvalue weighted by Crippen LogP contribution is 2.50. The molecule has 1 atom stereocenters. The lowest BCUT2D eigenvalue weighted by atomic mass is 9.68. The number of hydrogen-bond donors (Lipinski definition) is 1. The summed E-state index contributed by atoms with van der Waals surface area (Å²) >= 11 is 0. The Morgan fingerprint density at radius 3 is 2.33 bits per heavy atom. The number of carbonyl (C=O) groups excluding carboxylic acids is 1. The Morgan fingerprint density at radius 2 is 1.75 bits per heavy atom. The van der Waals surface area contributed by atoms with Crippen molar-refractivity contribution in [2.24, 2.45) is 16.8 Å². The van der Waals surface area contributed by atoms with Crippen LogP contribution in [0.4, 0.5) is 9.18 Å². The van der Waals surface area contributed by atoms with Crippen molar-refractivity contribution in [3.05, 3.63) is 47.5 Å². The van der Waals surface area contributed by atoms with E-state index in [0.717, 1.165) is 63.5 Å². The predicted octanol–water partition coefficient (Wildman–Crippen LogP) is 4.87. The number of carboxylic acid groups (broad SMARTS) is 1. The van der Waals surface area contributed by atoms with Crippen LogP contribution in [0.3, 0.4) is 0 Å². The first-order chi connectivity index (χ1) is 19.2. The zero-order valence-corrected chi connectivity index (χ0v) is 23.8. The van der Waals surface area contributed by atoms with E-state index in [1.807, 2.05) is 22.1 Å². The molecule has 0 radical (unpaired) electrons. The van der Waals surface area contributed by atoms with Gasteiger partial charge in [-0.1, -0.05) is 25.0 Å². The average molecular weight is 552 g/mol. The van der Waals surface area contributed by atoms with Crippen LogP contribution in [0.2, 0.25) is 0 Å². The Hall–Kier alpha value is -2.94. The van der Waals surface area contributed by atoms with Crippen LogP contribution in [0.5, 0.6) is 0 Å². The summed E-state index contributed by atoms with van der Waals surface area (Å²) in [5.74, 6) is -0.178. The van der Waals surface area contributed by atoms with Crippen molar-refractivity contribution >= 4 is 18.2 Å². The van der Waals surface area contributed by atoms with Gasteiger partial charge in [-0.15, -0.1) is 0 Å². The fraction of sp³-hybridized carbons (Fsp3) is 0.645. The maximum Gasteiger partial charge on any atom is 0.349 e. The summed E-state index contributed by atoms with van der Waals surface area (Å²) in [6, 6.07) is 6.98. The Bertz CT molecular complexity index is 1200. The third kappa shape index (κ3) is 4.70. The van der Waals surface area contributed by atoms with E-state index in [2.05, 4.69) is 28.9 Å². The largest absolute Gasteiger partial charge is 0.478 e. The third-order valence-corrected chi connectivity index (χ3v) is 10.6. The second kappa shape index (κ2) is 10.5.